The van der Waals surface area contributed by atoms with Crippen molar-refractivity contribution in [1.82, 2.24) is 4.98 Å². The minimum absolute atomic E-state index is 0.0743. The zero-order valence-corrected chi connectivity index (χ0v) is 9.59. The Hall–Kier alpha value is -1.13. The first kappa shape index (κ1) is 11.4. The minimum Gasteiger partial charge on any atom is -0.392 e. The smallest absolute Gasteiger partial charge is 0.128 e. The van der Waals surface area contributed by atoms with E-state index in [0.29, 0.717) is 5.92 Å². The highest BCUT2D eigenvalue weighted by Crippen LogP contribution is 2.22. The number of aliphatic hydroxyl groups is 1. The molecule has 0 amide bonds. The van der Waals surface area contributed by atoms with Crippen molar-refractivity contribution >= 4 is 5.82 Å². The van der Waals surface area contributed by atoms with Gasteiger partial charge in [-0.25, -0.2) is 4.98 Å². The van der Waals surface area contributed by atoms with E-state index in [-0.39, 0.29) is 6.61 Å². The Kier molecular flexibility index (Phi) is 3.74. The number of aromatic nitrogens is 1. The molecule has 0 bridgehead atoms. The third-order valence-electron chi connectivity index (χ3n) is 3.00. The summed E-state index contributed by atoms with van der Waals surface area (Å²) < 4.78 is 5.17. The fraction of sp³-hybridized carbons (Fsp3) is 0.583. The van der Waals surface area contributed by atoms with Crippen LogP contribution in [0.3, 0.4) is 0 Å². The minimum atomic E-state index is 0.0743. The zero-order chi connectivity index (χ0) is 11.4. The standard InChI is InChI=1S/C12H18N2O2/c1-16-9-11-3-5-14(7-11)12-6-10(8-15)2-4-13-12/h2,4,6,11,15H,3,5,7-9H2,1H3. The number of ether oxygens (including phenoxy) is 1. The van der Waals surface area contributed by atoms with E-state index in [1.165, 1.54) is 0 Å². The second kappa shape index (κ2) is 5.27. The summed E-state index contributed by atoms with van der Waals surface area (Å²) in [4.78, 5) is 6.59. The molecule has 1 aromatic rings. The number of hydrogen-bond donors (Lipinski definition) is 1. The van der Waals surface area contributed by atoms with Crippen molar-refractivity contribution in [3.8, 4) is 0 Å². The Morgan fingerprint density at radius 3 is 3.25 bits per heavy atom. The predicted molar refractivity (Wildman–Crippen MR) is 62.4 cm³/mol. The van der Waals surface area contributed by atoms with E-state index in [1.54, 1.807) is 13.3 Å². The second-order valence-corrected chi connectivity index (χ2v) is 4.24. The van der Waals surface area contributed by atoms with Crippen molar-refractivity contribution in [3.63, 3.8) is 0 Å². The topological polar surface area (TPSA) is 45.6 Å². The first-order valence-electron chi connectivity index (χ1n) is 5.63. The van der Waals surface area contributed by atoms with Crippen LogP contribution in [0.25, 0.3) is 0 Å². The number of anilines is 1. The van der Waals surface area contributed by atoms with Crippen LogP contribution in [-0.2, 0) is 11.3 Å². The molecule has 2 rings (SSSR count). The number of hydrogen-bond acceptors (Lipinski definition) is 4. The van der Waals surface area contributed by atoms with Gasteiger partial charge in [-0.1, -0.05) is 0 Å². The molecule has 0 aromatic carbocycles. The number of rotatable bonds is 4. The van der Waals surface area contributed by atoms with Crippen LogP contribution in [0.5, 0.6) is 0 Å². The maximum Gasteiger partial charge on any atom is 0.128 e. The Bertz CT molecular complexity index is 344. The van der Waals surface area contributed by atoms with Gasteiger partial charge in [0.05, 0.1) is 13.2 Å². The summed E-state index contributed by atoms with van der Waals surface area (Å²) >= 11 is 0. The Morgan fingerprint density at radius 2 is 2.50 bits per heavy atom. The molecule has 1 aliphatic rings. The van der Waals surface area contributed by atoms with Crippen LogP contribution in [0.2, 0.25) is 0 Å². The van der Waals surface area contributed by atoms with Crippen LogP contribution in [0.15, 0.2) is 18.3 Å². The first-order valence-corrected chi connectivity index (χ1v) is 5.63. The lowest BCUT2D eigenvalue weighted by molar-refractivity contribution is 0.161. The SMILES string of the molecule is COCC1CCN(c2cc(CO)ccn2)C1. The van der Waals surface area contributed by atoms with Gasteiger partial charge in [-0.15, -0.1) is 0 Å². The molecule has 0 saturated carbocycles. The average Bonchev–Trinajstić information content (AvgIpc) is 2.78. The molecule has 1 N–H and O–H groups in total. The fourth-order valence-corrected chi connectivity index (χ4v) is 2.14. The quantitative estimate of drug-likeness (QED) is 0.827. The van der Waals surface area contributed by atoms with Crippen LogP contribution in [0.4, 0.5) is 5.82 Å². The van der Waals surface area contributed by atoms with Crippen molar-refractivity contribution in [2.24, 2.45) is 5.92 Å². The Labute approximate surface area is 95.9 Å². The summed E-state index contributed by atoms with van der Waals surface area (Å²) in [7, 11) is 1.74. The molecule has 0 aliphatic carbocycles. The van der Waals surface area contributed by atoms with Crippen LogP contribution in [0.1, 0.15) is 12.0 Å². The summed E-state index contributed by atoms with van der Waals surface area (Å²) in [5.41, 5.74) is 0.917. The van der Waals surface area contributed by atoms with E-state index in [1.807, 2.05) is 12.1 Å². The molecule has 1 fully saturated rings. The van der Waals surface area contributed by atoms with Gasteiger partial charge in [-0.05, 0) is 24.1 Å². The molecule has 1 aromatic heterocycles. The lowest BCUT2D eigenvalue weighted by atomic mass is 10.1. The highest BCUT2D eigenvalue weighted by atomic mass is 16.5. The van der Waals surface area contributed by atoms with E-state index in [9.17, 15) is 0 Å². The van der Waals surface area contributed by atoms with Gasteiger partial charge < -0.3 is 14.7 Å². The molecular weight excluding hydrogens is 204 g/mol. The number of aliphatic hydroxyl groups excluding tert-OH is 1. The van der Waals surface area contributed by atoms with Crippen molar-refractivity contribution < 1.29 is 9.84 Å². The lowest BCUT2D eigenvalue weighted by Gasteiger charge is -2.17. The monoisotopic (exact) mass is 222 g/mol. The lowest BCUT2D eigenvalue weighted by Crippen LogP contribution is -2.22. The summed E-state index contributed by atoms with van der Waals surface area (Å²) in [5, 5.41) is 9.07. The van der Waals surface area contributed by atoms with E-state index in [0.717, 1.165) is 37.5 Å². The molecule has 1 aliphatic heterocycles. The molecule has 4 nitrogen and oxygen atoms in total. The summed E-state index contributed by atoms with van der Waals surface area (Å²) in [5.74, 6) is 1.56. The van der Waals surface area contributed by atoms with E-state index >= 15 is 0 Å². The van der Waals surface area contributed by atoms with E-state index < -0.39 is 0 Å². The molecular formula is C12H18N2O2. The normalized spacial score (nSPS) is 20.4. The third-order valence-corrected chi connectivity index (χ3v) is 3.00. The highest BCUT2D eigenvalue weighted by Gasteiger charge is 2.23. The van der Waals surface area contributed by atoms with Gasteiger partial charge in [0.15, 0.2) is 0 Å². The average molecular weight is 222 g/mol. The molecule has 1 unspecified atom stereocenters. The maximum atomic E-state index is 9.07. The van der Waals surface area contributed by atoms with E-state index in [2.05, 4.69) is 9.88 Å². The third kappa shape index (κ3) is 2.51. The van der Waals surface area contributed by atoms with Crippen LogP contribution in [-0.4, -0.2) is 36.9 Å². The number of pyridine rings is 1. The van der Waals surface area contributed by atoms with Crippen LogP contribution in [0, 0.1) is 5.92 Å². The molecule has 1 atom stereocenters. The van der Waals surface area contributed by atoms with Crippen molar-refractivity contribution in [3.05, 3.63) is 23.9 Å². The summed E-state index contributed by atoms with van der Waals surface area (Å²) in [6, 6.07) is 3.79. The molecule has 0 radical (unpaired) electrons. The van der Waals surface area contributed by atoms with Crippen LogP contribution < -0.4 is 4.90 Å². The Morgan fingerprint density at radius 1 is 1.62 bits per heavy atom. The van der Waals surface area contributed by atoms with Gasteiger partial charge in [0, 0.05) is 32.3 Å². The van der Waals surface area contributed by atoms with Crippen molar-refractivity contribution in [2.45, 2.75) is 13.0 Å². The number of methoxy groups -OCH3 is 1. The van der Waals surface area contributed by atoms with E-state index in [4.69, 9.17) is 9.84 Å². The van der Waals surface area contributed by atoms with Crippen molar-refractivity contribution in [2.75, 3.05) is 31.7 Å². The zero-order valence-electron chi connectivity index (χ0n) is 9.59. The Balaban J connectivity index is 2.02. The first-order chi connectivity index (χ1) is 7.83. The summed E-state index contributed by atoms with van der Waals surface area (Å²) in [6.07, 6.45) is 2.91. The van der Waals surface area contributed by atoms with Gasteiger partial charge in [-0.2, -0.15) is 0 Å². The molecule has 0 spiro atoms. The van der Waals surface area contributed by atoms with Gasteiger partial charge >= 0.3 is 0 Å². The van der Waals surface area contributed by atoms with Crippen LogP contribution >= 0.6 is 0 Å². The molecule has 88 valence electrons. The maximum absolute atomic E-state index is 9.07. The fourth-order valence-electron chi connectivity index (χ4n) is 2.14. The summed E-state index contributed by atoms with van der Waals surface area (Å²) in [6.45, 7) is 2.91. The largest absolute Gasteiger partial charge is 0.392 e. The van der Waals surface area contributed by atoms with Gasteiger partial charge in [0.1, 0.15) is 5.82 Å². The van der Waals surface area contributed by atoms with Gasteiger partial charge in [-0.3, -0.25) is 0 Å². The molecule has 4 heteroatoms. The molecule has 2 heterocycles. The number of nitrogens with zero attached hydrogens (tertiary/aromatic N) is 2. The predicted octanol–water partition coefficient (Wildman–Crippen LogP) is 1.05. The molecule has 16 heavy (non-hydrogen) atoms. The highest BCUT2D eigenvalue weighted by molar-refractivity contribution is 5.41. The van der Waals surface area contributed by atoms with Crippen molar-refractivity contribution in [1.29, 1.82) is 0 Å². The second-order valence-electron chi connectivity index (χ2n) is 4.24. The van der Waals surface area contributed by atoms with Gasteiger partial charge in [0.2, 0.25) is 0 Å². The molecule has 1 saturated heterocycles. The van der Waals surface area contributed by atoms with Gasteiger partial charge in [0.25, 0.3) is 0 Å².